The molecule has 0 aliphatic carbocycles. The first kappa shape index (κ1) is 16.2. The van der Waals surface area contributed by atoms with Crippen LogP contribution in [0.2, 0.25) is 5.02 Å². The molecule has 0 atom stereocenters. The maximum atomic E-state index is 12.3. The topological polar surface area (TPSA) is 98.2 Å². The molecule has 1 N–H and O–H groups in total. The number of halogens is 1. The van der Waals surface area contributed by atoms with E-state index in [0.29, 0.717) is 33.8 Å². The SMILES string of the molecule is Cc1noc(-c2ccn3c(CNC(=O)c4ccccc4Cl)nnc3c2)n1. The third-order valence-electron chi connectivity index (χ3n) is 3.78. The molecule has 0 bridgehead atoms. The highest BCUT2D eigenvalue weighted by Gasteiger charge is 2.13. The molecule has 0 radical (unpaired) electrons. The summed E-state index contributed by atoms with van der Waals surface area (Å²) >= 11 is 6.04. The quantitative estimate of drug-likeness (QED) is 0.594. The summed E-state index contributed by atoms with van der Waals surface area (Å²) in [7, 11) is 0. The number of aromatic nitrogens is 5. The van der Waals surface area contributed by atoms with E-state index < -0.39 is 0 Å². The highest BCUT2D eigenvalue weighted by Crippen LogP contribution is 2.19. The summed E-state index contributed by atoms with van der Waals surface area (Å²) in [6.07, 6.45) is 1.79. The fraction of sp³-hybridized carbons (Fsp3) is 0.118. The summed E-state index contributed by atoms with van der Waals surface area (Å²) in [5, 5.41) is 15.2. The summed E-state index contributed by atoms with van der Waals surface area (Å²) < 4.78 is 6.93. The number of benzene rings is 1. The first-order chi connectivity index (χ1) is 12.6. The third kappa shape index (κ3) is 3.02. The number of nitrogens with zero attached hydrogens (tertiary/aromatic N) is 5. The number of carbonyl (C=O) groups is 1. The van der Waals surface area contributed by atoms with Gasteiger partial charge in [0, 0.05) is 11.8 Å². The van der Waals surface area contributed by atoms with E-state index in [0.717, 1.165) is 5.56 Å². The summed E-state index contributed by atoms with van der Waals surface area (Å²) in [5.41, 5.74) is 1.77. The second-order valence-electron chi connectivity index (χ2n) is 5.57. The molecular formula is C17H13ClN6O2. The van der Waals surface area contributed by atoms with Crippen LogP contribution in [-0.4, -0.2) is 30.6 Å². The molecule has 0 spiro atoms. The standard InChI is InChI=1S/C17H13ClN6O2/c1-10-20-17(26-23-10)11-6-7-24-14(8-11)21-22-15(24)9-19-16(25)12-4-2-3-5-13(12)18/h2-8H,9H2,1H3,(H,19,25). The van der Waals surface area contributed by atoms with E-state index in [1.165, 1.54) is 0 Å². The van der Waals surface area contributed by atoms with Crippen LogP contribution in [0, 0.1) is 6.92 Å². The molecule has 0 saturated heterocycles. The van der Waals surface area contributed by atoms with Gasteiger partial charge in [0.15, 0.2) is 17.3 Å². The van der Waals surface area contributed by atoms with Crippen molar-refractivity contribution in [2.75, 3.05) is 0 Å². The molecule has 1 amide bonds. The lowest BCUT2D eigenvalue weighted by Gasteiger charge is -2.06. The highest BCUT2D eigenvalue weighted by molar-refractivity contribution is 6.33. The van der Waals surface area contributed by atoms with Crippen LogP contribution in [-0.2, 0) is 6.54 Å². The lowest BCUT2D eigenvalue weighted by atomic mass is 10.2. The third-order valence-corrected chi connectivity index (χ3v) is 4.11. The highest BCUT2D eigenvalue weighted by atomic mass is 35.5. The Kier molecular flexibility index (Phi) is 4.10. The van der Waals surface area contributed by atoms with E-state index >= 15 is 0 Å². The molecule has 0 unspecified atom stereocenters. The van der Waals surface area contributed by atoms with E-state index in [2.05, 4.69) is 25.7 Å². The molecule has 3 heterocycles. The van der Waals surface area contributed by atoms with Crippen molar-refractivity contribution >= 4 is 23.2 Å². The molecule has 8 nitrogen and oxygen atoms in total. The first-order valence-electron chi connectivity index (χ1n) is 7.79. The van der Waals surface area contributed by atoms with Gasteiger partial charge in [0.25, 0.3) is 11.8 Å². The Labute approximate surface area is 152 Å². The van der Waals surface area contributed by atoms with Crippen molar-refractivity contribution in [1.82, 2.24) is 30.1 Å². The smallest absolute Gasteiger partial charge is 0.258 e. The minimum absolute atomic E-state index is 0.213. The van der Waals surface area contributed by atoms with Crippen LogP contribution in [0.1, 0.15) is 22.0 Å². The number of nitrogens with one attached hydrogen (secondary N) is 1. The number of hydrogen-bond acceptors (Lipinski definition) is 6. The molecule has 4 rings (SSSR count). The molecule has 0 aliphatic heterocycles. The zero-order chi connectivity index (χ0) is 18.1. The van der Waals surface area contributed by atoms with Crippen LogP contribution in [0.15, 0.2) is 47.1 Å². The number of rotatable bonds is 4. The van der Waals surface area contributed by atoms with Crippen molar-refractivity contribution in [2.45, 2.75) is 13.5 Å². The zero-order valence-electron chi connectivity index (χ0n) is 13.7. The van der Waals surface area contributed by atoms with Gasteiger partial charge >= 0.3 is 0 Å². The number of fused-ring (bicyclic) bond motifs is 1. The molecule has 0 saturated carbocycles. The molecule has 9 heteroatoms. The molecule has 3 aromatic heterocycles. The van der Waals surface area contributed by atoms with Crippen molar-refractivity contribution in [1.29, 1.82) is 0 Å². The Balaban J connectivity index is 1.54. The lowest BCUT2D eigenvalue weighted by Crippen LogP contribution is -2.24. The van der Waals surface area contributed by atoms with Crippen molar-refractivity contribution in [3.8, 4) is 11.5 Å². The molecule has 1 aromatic carbocycles. The lowest BCUT2D eigenvalue weighted by molar-refractivity contribution is 0.0950. The Bertz CT molecular complexity index is 1100. The van der Waals surface area contributed by atoms with E-state index in [-0.39, 0.29) is 12.5 Å². The number of carbonyl (C=O) groups excluding carboxylic acids is 1. The van der Waals surface area contributed by atoms with E-state index in [1.807, 2.05) is 6.07 Å². The maximum absolute atomic E-state index is 12.3. The van der Waals surface area contributed by atoms with Crippen LogP contribution in [0.25, 0.3) is 17.1 Å². The van der Waals surface area contributed by atoms with Crippen molar-refractivity contribution in [3.05, 3.63) is 64.8 Å². The van der Waals surface area contributed by atoms with Crippen LogP contribution in [0.4, 0.5) is 0 Å². The number of aryl methyl sites for hydroxylation is 1. The van der Waals surface area contributed by atoms with Gasteiger partial charge in [-0.3, -0.25) is 9.20 Å². The normalized spacial score (nSPS) is 11.0. The van der Waals surface area contributed by atoms with Gasteiger partial charge in [0.1, 0.15) is 0 Å². The van der Waals surface area contributed by atoms with Gasteiger partial charge in [-0.1, -0.05) is 28.9 Å². The Morgan fingerprint density at radius 3 is 2.88 bits per heavy atom. The van der Waals surface area contributed by atoms with Crippen LogP contribution >= 0.6 is 11.6 Å². The number of amides is 1. The fourth-order valence-electron chi connectivity index (χ4n) is 2.51. The van der Waals surface area contributed by atoms with Crippen molar-refractivity contribution < 1.29 is 9.32 Å². The number of pyridine rings is 1. The number of hydrogen-bond donors (Lipinski definition) is 1. The Hall–Kier alpha value is -3.26. The van der Waals surface area contributed by atoms with E-state index in [1.54, 1.807) is 47.9 Å². The summed E-state index contributed by atoms with van der Waals surface area (Å²) in [4.78, 5) is 16.4. The molecule has 130 valence electrons. The molecule has 0 aliphatic rings. The Morgan fingerprint density at radius 1 is 1.27 bits per heavy atom. The van der Waals surface area contributed by atoms with Crippen LogP contribution in [0.3, 0.4) is 0 Å². The van der Waals surface area contributed by atoms with Gasteiger partial charge in [-0.2, -0.15) is 4.98 Å². The average Bonchev–Trinajstić information content (AvgIpc) is 3.25. The van der Waals surface area contributed by atoms with E-state index in [9.17, 15) is 4.79 Å². The van der Waals surface area contributed by atoms with Gasteiger partial charge in [-0.05, 0) is 31.2 Å². The predicted octanol–water partition coefficient (Wildman–Crippen LogP) is 2.67. The first-order valence-corrected chi connectivity index (χ1v) is 8.17. The fourth-order valence-corrected chi connectivity index (χ4v) is 2.73. The van der Waals surface area contributed by atoms with Crippen molar-refractivity contribution in [2.24, 2.45) is 0 Å². The summed E-state index contributed by atoms with van der Waals surface area (Å²) in [6.45, 7) is 1.96. The van der Waals surface area contributed by atoms with Gasteiger partial charge in [0.05, 0.1) is 17.1 Å². The summed E-state index contributed by atoms with van der Waals surface area (Å²) in [5.74, 6) is 1.30. The van der Waals surface area contributed by atoms with Crippen molar-refractivity contribution in [3.63, 3.8) is 0 Å². The van der Waals surface area contributed by atoms with Gasteiger partial charge in [-0.15, -0.1) is 10.2 Å². The Morgan fingerprint density at radius 2 is 2.12 bits per heavy atom. The van der Waals surface area contributed by atoms with Crippen LogP contribution < -0.4 is 5.32 Å². The second kappa shape index (κ2) is 6.57. The molecule has 0 fully saturated rings. The second-order valence-corrected chi connectivity index (χ2v) is 5.98. The maximum Gasteiger partial charge on any atom is 0.258 e. The van der Waals surface area contributed by atoms with Gasteiger partial charge < -0.3 is 9.84 Å². The van der Waals surface area contributed by atoms with E-state index in [4.69, 9.17) is 16.1 Å². The van der Waals surface area contributed by atoms with Gasteiger partial charge in [0.2, 0.25) is 0 Å². The minimum Gasteiger partial charge on any atom is -0.345 e. The average molecular weight is 369 g/mol. The minimum atomic E-state index is -0.273. The van der Waals surface area contributed by atoms with Crippen LogP contribution in [0.5, 0.6) is 0 Å². The monoisotopic (exact) mass is 368 g/mol. The zero-order valence-corrected chi connectivity index (χ0v) is 14.4. The molecule has 4 aromatic rings. The summed E-state index contributed by atoms with van der Waals surface area (Å²) in [6, 6.07) is 10.5. The van der Waals surface area contributed by atoms with Gasteiger partial charge in [-0.25, -0.2) is 0 Å². The molecule has 26 heavy (non-hydrogen) atoms. The largest absolute Gasteiger partial charge is 0.345 e. The molecular weight excluding hydrogens is 356 g/mol. The predicted molar refractivity (Wildman–Crippen MR) is 93.6 cm³/mol.